The summed E-state index contributed by atoms with van der Waals surface area (Å²) in [5.74, 6) is 0.777. The summed E-state index contributed by atoms with van der Waals surface area (Å²) < 4.78 is 29.1. The Hall–Kier alpha value is -2.34. The molecule has 2 aromatic rings. The van der Waals surface area contributed by atoms with E-state index in [4.69, 9.17) is 4.74 Å². The molecule has 3 rings (SSSR count). The van der Waals surface area contributed by atoms with Crippen LogP contribution in [0.15, 0.2) is 48.5 Å². The predicted octanol–water partition coefficient (Wildman–Crippen LogP) is 2.83. The number of methoxy groups -OCH3 is 1. The molecule has 0 aromatic heterocycles. The fourth-order valence-electron chi connectivity index (χ4n) is 3.26. The third kappa shape index (κ3) is 4.25. The normalized spacial score (nSPS) is 18.5. The Morgan fingerprint density at radius 2 is 1.92 bits per heavy atom. The van der Waals surface area contributed by atoms with Crippen molar-refractivity contribution in [3.8, 4) is 5.75 Å². The van der Waals surface area contributed by atoms with Gasteiger partial charge in [-0.05, 0) is 43.2 Å². The second-order valence-electron chi connectivity index (χ2n) is 6.71. The molecule has 0 aliphatic carbocycles. The summed E-state index contributed by atoms with van der Waals surface area (Å²) in [6.07, 6.45) is 0.482. The van der Waals surface area contributed by atoms with E-state index in [-0.39, 0.29) is 23.5 Å². The summed E-state index contributed by atoms with van der Waals surface area (Å²) in [5, 5.41) is 0. The van der Waals surface area contributed by atoms with E-state index in [0.29, 0.717) is 18.5 Å². The van der Waals surface area contributed by atoms with Gasteiger partial charge in [0.25, 0.3) is 5.91 Å². The van der Waals surface area contributed by atoms with Gasteiger partial charge in [0, 0.05) is 18.2 Å². The molecule has 1 amide bonds. The Bertz CT molecular complexity index is 890. The number of nitrogens with zero attached hydrogens (tertiary/aromatic N) is 1. The zero-order chi connectivity index (χ0) is 18.7. The van der Waals surface area contributed by atoms with Gasteiger partial charge < -0.3 is 9.64 Å². The summed E-state index contributed by atoms with van der Waals surface area (Å²) in [5.41, 5.74) is 2.53. The van der Waals surface area contributed by atoms with E-state index in [0.717, 1.165) is 16.9 Å². The average Bonchev–Trinajstić information content (AvgIpc) is 2.99. The topological polar surface area (TPSA) is 63.7 Å². The van der Waals surface area contributed by atoms with Gasteiger partial charge >= 0.3 is 0 Å². The second kappa shape index (κ2) is 7.50. The highest BCUT2D eigenvalue weighted by Gasteiger charge is 2.35. The monoisotopic (exact) mass is 373 g/mol. The Labute approximate surface area is 154 Å². The second-order valence-corrected chi connectivity index (χ2v) is 8.94. The van der Waals surface area contributed by atoms with E-state index < -0.39 is 9.84 Å². The van der Waals surface area contributed by atoms with E-state index >= 15 is 0 Å². The lowest BCUT2D eigenvalue weighted by Crippen LogP contribution is -2.40. The molecule has 1 heterocycles. The molecule has 0 radical (unpaired) electrons. The molecule has 0 spiro atoms. The lowest BCUT2D eigenvalue weighted by atomic mass is 10.1. The standard InChI is InChI=1S/C20H23NO4S/c1-15-4-3-5-17(12-15)20(22)21(18-10-11-26(23,24)14-18)13-16-6-8-19(25-2)9-7-16/h3-9,12,18H,10-11,13-14H2,1-2H3/t18-/m0/s1. The molecule has 1 aliphatic heterocycles. The van der Waals surface area contributed by atoms with E-state index in [1.165, 1.54) is 0 Å². The summed E-state index contributed by atoms with van der Waals surface area (Å²) in [7, 11) is -1.48. The highest BCUT2D eigenvalue weighted by Crippen LogP contribution is 2.23. The fraction of sp³-hybridized carbons (Fsp3) is 0.350. The van der Waals surface area contributed by atoms with Crippen molar-refractivity contribution in [2.45, 2.75) is 25.9 Å². The molecule has 2 aromatic carbocycles. The molecule has 0 N–H and O–H groups in total. The van der Waals surface area contributed by atoms with Crippen molar-refractivity contribution in [2.75, 3.05) is 18.6 Å². The molecule has 5 nitrogen and oxygen atoms in total. The van der Waals surface area contributed by atoms with Crippen molar-refractivity contribution in [3.63, 3.8) is 0 Å². The van der Waals surface area contributed by atoms with Gasteiger partial charge in [0.15, 0.2) is 9.84 Å². The molecule has 26 heavy (non-hydrogen) atoms. The number of sulfone groups is 1. The van der Waals surface area contributed by atoms with Crippen molar-refractivity contribution in [3.05, 3.63) is 65.2 Å². The number of hydrogen-bond acceptors (Lipinski definition) is 4. The van der Waals surface area contributed by atoms with Gasteiger partial charge in [-0.3, -0.25) is 4.79 Å². The number of aryl methyl sites for hydroxylation is 1. The Kier molecular flexibility index (Phi) is 5.32. The van der Waals surface area contributed by atoms with E-state index in [9.17, 15) is 13.2 Å². The summed E-state index contributed by atoms with van der Waals surface area (Å²) in [4.78, 5) is 14.8. The zero-order valence-corrected chi connectivity index (χ0v) is 15.8. The van der Waals surface area contributed by atoms with Gasteiger partial charge in [-0.2, -0.15) is 0 Å². The van der Waals surface area contributed by atoms with Crippen LogP contribution in [-0.2, 0) is 16.4 Å². The maximum Gasteiger partial charge on any atom is 0.254 e. The van der Waals surface area contributed by atoms with E-state index in [1.807, 2.05) is 49.4 Å². The molecule has 0 saturated carbocycles. The first-order valence-electron chi connectivity index (χ1n) is 8.59. The third-order valence-corrected chi connectivity index (χ3v) is 6.44. The number of carbonyl (C=O) groups is 1. The van der Waals surface area contributed by atoms with Crippen molar-refractivity contribution >= 4 is 15.7 Å². The van der Waals surface area contributed by atoms with Crippen LogP contribution in [0.4, 0.5) is 0 Å². The predicted molar refractivity (Wildman–Crippen MR) is 101 cm³/mol. The maximum atomic E-state index is 13.1. The van der Waals surface area contributed by atoms with Gasteiger partial charge in [0.05, 0.1) is 18.6 Å². The molecule has 0 bridgehead atoms. The number of benzene rings is 2. The third-order valence-electron chi connectivity index (χ3n) is 4.69. The largest absolute Gasteiger partial charge is 0.497 e. The minimum atomic E-state index is -3.08. The van der Waals surface area contributed by atoms with E-state index in [2.05, 4.69) is 0 Å². The Morgan fingerprint density at radius 1 is 1.19 bits per heavy atom. The number of ether oxygens (including phenoxy) is 1. The van der Waals surface area contributed by atoms with Crippen LogP contribution < -0.4 is 4.74 Å². The van der Waals surface area contributed by atoms with Gasteiger partial charge in [-0.15, -0.1) is 0 Å². The molecule has 1 saturated heterocycles. The molecule has 138 valence electrons. The quantitative estimate of drug-likeness (QED) is 0.808. The molecule has 1 atom stereocenters. The van der Waals surface area contributed by atoms with Crippen LogP contribution in [0.1, 0.15) is 27.9 Å². The van der Waals surface area contributed by atoms with Gasteiger partial charge in [0.1, 0.15) is 5.75 Å². The smallest absolute Gasteiger partial charge is 0.254 e. The summed E-state index contributed by atoms with van der Waals surface area (Å²) >= 11 is 0. The minimum Gasteiger partial charge on any atom is -0.497 e. The molecule has 1 aliphatic rings. The molecule has 0 unspecified atom stereocenters. The zero-order valence-electron chi connectivity index (χ0n) is 15.0. The van der Waals surface area contributed by atoms with Crippen LogP contribution >= 0.6 is 0 Å². The molecule has 1 fully saturated rings. The summed E-state index contributed by atoms with van der Waals surface area (Å²) in [6, 6.07) is 14.6. The van der Waals surface area contributed by atoms with E-state index in [1.54, 1.807) is 18.1 Å². The van der Waals surface area contributed by atoms with Crippen molar-refractivity contribution < 1.29 is 17.9 Å². The van der Waals surface area contributed by atoms with Crippen LogP contribution in [-0.4, -0.2) is 43.9 Å². The molecule has 6 heteroatoms. The lowest BCUT2D eigenvalue weighted by Gasteiger charge is -2.28. The molecular formula is C20H23NO4S. The first kappa shape index (κ1) is 18.5. The van der Waals surface area contributed by atoms with Crippen LogP contribution in [0.5, 0.6) is 5.75 Å². The van der Waals surface area contributed by atoms with Crippen molar-refractivity contribution in [2.24, 2.45) is 0 Å². The summed E-state index contributed by atoms with van der Waals surface area (Å²) in [6.45, 7) is 2.31. The number of carbonyl (C=O) groups excluding carboxylic acids is 1. The highest BCUT2D eigenvalue weighted by molar-refractivity contribution is 7.91. The van der Waals surface area contributed by atoms with Crippen LogP contribution in [0, 0.1) is 6.92 Å². The number of hydrogen-bond donors (Lipinski definition) is 0. The van der Waals surface area contributed by atoms with Crippen molar-refractivity contribution in [1.29, 1.82) is 0 Å². The first-order chi connectivity index (χ1) is 12.4. The SMILES string of the molecule is COc1ccc(CN(C(=O)c2cccc(C)c2)[C@H]2CCS(=O)(=O)C2)cc1. The van der Waals surface area contributed by atoms with Crippen LogP contribution in [0.3, 0.4) is 0 Å². The van der Waals surface area contributed by atoms with Gasteiger partial charge in [0.2, 0.25) is 0 Å². The van der Waals surface area contributed by atoms with Crippen LogP contribution in [0.2, 0.25) is 0 Å². The molecular weight excluding hydrogens is 350 g/mol. The van der Waals surface area contributed by atoms with Gasteiger partial charge in [-0.25, -0.2) is 8.42 Å². The minimum absolute atomic E-state index is 0.0285. The number of amides is 1. The highest BCUT2D eigenvalue weighted by atomic mass is 32.2. The average molecular weight is 373 g/mol. The Balaban J connectivity index is 1.89. The van der Waals surface area contributed by atoms with Crippen molar-refractivity contribution in [1.82, 2.24) is 4.90 Å². The fourth-order valence-corrected chi connectivity index (χ4v) is 4.99. The lowest BCUT2D eigenvalue weighted by molar-refractivity contribution is 0.0681. The first-order valence-corrected chi connectivity index (χ1v) is 10.4. The van der Waals surface area contributed by atoms with Crippen LogP contribution in [0.25, 0.3) is 0 Å². The number of rotatable bonds is 5. The van der Waals surface area contributed by atoms with Gasteiger partial charge in [-0.1, -0.05) is 29.8 Å². The maximum absolute atomic E-state index is 13.1. The Morgan fingerprint density at radius 3 is 2.50 bits per heavy atom.